The number of hydrogen-bond acceptors (Lipinski definition) is 4. The van der Waals surface area contributed by atoms with Gasteiger partial charge in [0.15, 0.2) is 0 Å². The molecular weight excluding hydrogens is 160 g/mol. The Hall–Kier alpha value is -0.610. The number of carbonyl (C=O) groups excluding carboxylic acids is 1. The van der Waals surface area contributed by atoms with Gasteiger partial charge in [-0.15, -0.1) is 0 Å². The fourth-order valence-electron chi connectivity index (χ4n) is 0.843. The summed E-state index contributed by atoms with van der Waals surface area (Å²) in [7, 11) is 0. The third-order valence-electron chi connectivity index (χ3n) is 1.70. The smallest absolute Gasteiger partial charge is 0.302 e. The van der Waals surface area contributed by atoms with Crippen LogP contribution in [0.4, 0.5) is 0 Å². The first-order valence-electron chi connectivity index (χ1n) is 4.04. The van der Waals surface area contributed by atoms with Crippen LogP contribution in [-0.2, 0) is 9.53 Å². The zero-order valence-electron chi connectivity index (χ0n) is 7.49. The lowest BCUT2D eigenvalue weighted by atomic mass is 10.0. The molecule has 0 aromatic rings. The van der Waals surface area contributed by atoms with E-state index in [-0.39, 0.29) is 19.1 Å². The SMILES string of the molecule is CCC(O)C(CO)COC(C)=O. The average molecular weight is 176 g/mol. The maximum Gasteiger partial charge on any atom is 0.302 e. The Labute approximate surface area is 72.2 Å². The average Bonchev–Trinajstić information content (AvgIpc) is 2.04. The Bertz CT molecular complexity index is 135. The van der Waals surface area contributed by atoms with Gasteiger partial charge in [0.25, 0.3) is 0 Å². The first-order chi connectivity index (χ1) is 5.61. The molecule has 2 atom stereocenters. The summed E-state index contributed by atoms with van der Waals surface area (Å²) in [5.41, 5.74) is 0. The fraction of sp³-hybridized carbons (Fsp3) is 0.875. The van der Waals surface area contributed by atoms with Crippen LogP contribution in [-0.4, -0.2) is 35.5 Å². The van der Waals surface area contributed by atoms with Gasteiger partial charge < -0.3 is 14.9 Å². The molecule has 4 heteroatoms. The van der Waals surface area contributed by atoms with Crippen LogP contribution >= 0.6 is 0 Å². The second-order valence-electron chi connectivity index (χ2n) is 2.72. The molecule has 0 aliphatic carbocycles. The first kappa shape index (κ1) is 11.4. The van der Waals surface area contributed by atoms with E-state index in [1.807, 2.05) is 0 Å². The van der Waals surface area contributed by atoms with Gasteiger partial charge >= 0.3 is 5.97 Å². The van der Waals surface area contributed by atoms with E-state index in [2.05, 4.69) is 4.74 Å². The fourth-order valence-corrected chi connectivity index (χ4v) is 0.843. The molecule has 0 aromatic carbocycles. The summed E-state index contributed by atoms with van der Waals surface area (Å²) < 4.78 is 4.66. The van der Waals surface area contributed by atoms with Crippen LogP contribution in [0.5, 0.6) is 0 Å². The molecule has 72 valence electrons. The van der Waals surface area contributed by atoms with Crippen molar-refractivity contribution in [3.63, 3.8) is 0 Å². The van der Waals surface area contributed by atoms with Crippen molar-refractivity contribution in [2.45, 2.75) is 26.4 Å². The van der Waals surface area contributed by atoms with Gasteiger partial charge in [0, 0.05) is 12.8 Å². The lowest BCUT2D eigenvalue weighted by Gasteiger charge is -2.18. The Morgan fingerprint density at radius 1 is 1.58 bits per heavy atom. The van der Waals surface area contributed by atoms with E-state index in [0.717, 1.165) is 0 Å². The molecule has 2 N–H and O–H groups in total. The molecule has 0 radical (unpaired) electrons. The quantitative estimate of drug-likeness (QED) is 0.575. The summed E-state index contributed by atoms with van der Waals surface area (Å²) in [6.45, 7) is 3.02. The molecule has 2 unspecified atom stereocenters. The second kappa shape index (κ2) is 5.97. The minimum atomic E-state index is -0.602. The Balaban J connectivity index is 3.74. The van der Waals surface area contributed by atoms with Gasteiger partial charge in [-0.05, 0) is 6.42 Å². The predicted octanol–water partition coefficient (Wildman–Crippen LogP) is -0.0711. The summed E-state index contributed by atoms with van der Waals surface area (Å²) >= 11 is 0. The molecule has 0 bridgehead atoms. The first-order valence-corrected chi connectivity index (χ1v) is 4.04. The van der Waals surface area contributed by atoms with E-state index < -0.39 is 12.1 Å². The van der Waals surface area contributed by atoms with Crippen LogP contribution < -0.4 is 0 Å². The molecular formula is C8H16O4. The van der Waals surface area contributed by atoms with Crippen LogP contribution in [0.3, 0.4) is 0 Å². The predicted molar refractivity (Wildman–Crippen MR) is 43.5 cm³/mol. The number of aliphatic hydroxyl groups excluding tert-OH is 2. The molecule has 12 heavy (non-hydrogen) atoms. The van der Waals surface area contributed by atoms with Crippen molar-refractivity contribution in [3.05, 3.63) is 0 Å². The van der Waals surface area contributed by atoms with Gasteiger partial charge in [-0.25, -0.2) is 0 Å². The van der Waals surface area contributed by atoms with Crippen LogP contribution in [0.15, 0.2) is 0 Å². The highest BCUT2D eigenvalue weighted by molar-refractivity contribution is 5.65. The molecule has 4 nitrogen and oxygen atoms in total. The maximum absolute atomic E-state index is 10.4. The van der Waals surface area contributed by atoms with Crippen molar-refractivity contribution in [2.24, 2.45) is 5.92 Å². The van der Waals surface area contributed by atoms with E-state index in [0.29, 0.717) is 6.42 Å². The molecule has 0 aliphatic heterocycles. The zero-order valence-corrected chi connectivity index (χ0v) is 7.49. The van der Waals surface area contributed by atoms with E-state index >= 15 is 0 Å². The third kappa shape index (κ3) is 4.31. The maximum atomic E-state index is 10.4. The molecule has 0 aliphatic rings. The number of ether oxygens (including phenoxy) is 1. The van der Waals surface area contributed by atoms with E-state index in [9.17, 15) is 9.90 Å². The number of carbonyl (C=O) groups is 1. The van der Waals surface area contributed by atoms with Gasteiger partial charge in [-0.1, -0.05) is 6.92 Å². The van der Waals surface area contributed by atoms with Gasteiger partial charge in [0.05, 0.1) is 19.3 Å². The minimum Gasteiger partial charge on any atom is -0.465 e. The summed E-state index contributed by atoms with van der Waals surface area (Å²) in [4.78, 5) is 10.4. The number of rotatable bonds is 5. The molecule has 0 heterocycles. The van der Waals surface area contributed by atoms with Crippen molar-refractivity contribution in [2.75, 3.05) is 13.2 Å². The van der Waals surface area contributed by atoms with Gasteiger partial charge in [0.1, 0.15) is 0 Å². The third-order valence-corrected chi connectivity index (χ3v) is 1.70. The van der Waals surface area contributed by atoms with Gasteiger partial charge in [-0.3, -0.25) is 4.79 Å². The highest BCUT2D eigenvalue weighted by atomic mass is 16.5. The van der Waals surface area contributed by atoms with E-state index in [4.69, 9.17) is 5.11 Å². The van der Waals surface area contributed by atoms with Crippen molar-refractivity contribution < 1.29 is 19.7 Å². The largest absolute Gasteiger partial charge is 0.465 e. The van der Waals surface area contributed by atoms with E-state index in [1.165, 1.54) is 6.92 Å². The van der Waals surface area contributed by atoms with Crippen LogP contribution in [0.25, 0.3) is 0 Å². The monoisotopic (exact) mass is 176 g/mol. The topological polar surface area (TPSA) is 66.8 Å². The number of hydrogen-bond donors (Lipinski definition) is 2. The van der Waals surface area contributed by atoms with Gasteiger partial charge in [-0.2, -0.15) is 0 Å². The molecule has 0 aromatic heterocycles. The Kier molecular flexibility index (Phi) is 5.66. The Morgan fingerprint density at radius 3 is 2.50 bits per heavy atom. The number of aliphatic hydroxyl groups is 2. The van der Waals surface area contributed by atoms with Crippen molar-refractivity contribution in [1.29, 1.82) is 0 Å². The van der Waals surface area contributed by atoms with Crippen LogP contribution in [0, 0.1) is 5.92 Å². The van der Waals surface area contributed by atoms with Crippen molar-refractivity contribution in [1.82, 2.24) is 0 Å². The van der Waals surface area contributed by atoms with E-state index in [1.54, 1.807) is 6.92 Å². The lowest BCUT2D eigenvalue weighted by molar-refractivity contribution is -0.144. The standard InChI is InChI=1S/C8H16O4/c1-3-8(11)7(4-9)5-12-6(2)10/h7-9,11H,3-5H2,1-2H3. The van der Waals surface area contributed by atoms with Crippen molar-refractivity contribution >= 4 is 5.97 Å². The summed E-state index contributed by atoms with van der Waals surface area (Å²) in [5.74, 6) is -0.754. The second-order valence-corrected chi connectivity index (χ2v) is 2.72. The molecule has 0 saturated heterocycles. The molecule has 0 saturated carbocycles. The lowest BCUT2D eigenvalue weighted by Crippen LogP contribution is -2.28. The molecule has 0 rings (SSSR count). The normalized spacial score (nSPS) is 15.3. The minimum absolute atomic E-state index is 0.0842. The van der Waals surface area contributed by atoms with Crippen molar-refractivity contribution in [3.8, 4) is 0 Å². The highest BCUT2D eigenvalue weighted by Crippen LogP contribution is 2.07. The summed E-state index contributed by atoms with van der Waals surface area (Å²) in [6.07, 6.45) is -0.0543. The molecule has 0 fully saturated rings. The van der Waals surface area contributed by atoms with Crippen LogP contribution in [0.1, 0.15) is 20.3 Å². The Morgan fingerprint density at radius 2 is 2.17 bits per heavy atom. The zero-order chi connectivity index (χ0) is 9.56. The summed E-state index contributed by atoms with van der Waals surface area (Å²) in [6, 6.07) is 0. The highest BCUT2D eigenvalue weighted by Gasteiger charge is 2.17. The van der Waals surface area contributed by atoms with Crippen LogP contribution in [0.2, 0.25) is 0 Å². The molecule has 0 spiro atoms. The van der Waals surface area contributed by atoms with Gasteiger partial charge in [0.2, 0.25) is 0 Å². The summed E-state index contributed by atoms with van der Waals surface area (Å²) in [5, 5.41) is 18.1. The molecule has 0 amide bonds. The number of esters is 1.